The topological polar surface area (TPSA) is 96.0 Å². The van der Waals surface area contributed by atoms with E-state index in [-0.39, 0.29) is 29.4 Å². The first kappa shape index (κ1) is 21.6. The highest BCUT2D eigenvalue weighted by Gasteiger charge is 2.22. The van der Waals surface area contributed by atoms with E-state index in [1.807, 2.05) is 0 Å². The molecule has 0 aliphatic carbocycles. The van der Waals surface area contributed by atoms with Crippen LogP contribution in [-0.2, 0) is 17.7 Å². The molecular formula is C19H25ClFN5O3. The number of rotatable bonds is 8. The molecular weight excluding hydrogens is 401 g/mol. The van der Waals surface area contributed by atoms with Crippen LogP contribution in [0.5, 0.6) is 0 Å². The molecule has 0 bridgehead atoms. The van der Waals surface area contributed by atoms with E-state index in [2.05, 4.69) is 39.5 Å². The molecule has 2 atom stereocenters. The average molecular weight is 426 g/mol. The monoisotopic (exact) mass is 425 g/mol. The van der Waals surface area contributed by atoms with Crippen molar-refractivity contribution in [2.75, 3.05) is 26.2 Å². The number of ether oxygens (including phenoxy) is 1. The molecule has 8 nitrogen and oxygen atoms in total. The van der Waals surface area contributed by atoms with Crippen LogP contribution in [0.2, 0.25) is 5.02 Å². The predicted octanol–water partition coefficient (Wildman–Crippen LogP) is 2.48. The van der Waals surface area contributed by atoms with Crippen molar-refractivity contribution in [3.8, 4) is 0 Å². The first-order chi connectivity index (χ1) is 14.0. The second-order valence-electron chi connectivity index (χ2n) is 7.23. The quantitative estimate of drug-likeness (QED) is 0.290. The minimum atomic E-state index is -0.505. The normalized spacial score (nSPS) is 20.9. The van der Waals surface area contributed by atoms with Crippen molar-refractivity contribution < 1.29 is 19.0 Å². The van der Waals surface area contributed by atoms with Gasteiger partial charge >= 0.3 is 0 Å². The summed E-state index contributed by atoms with van der Waals surface area (Å²) in [5.74, 6) is -0.505. The smallest absolute Gasteiger partial charge is 0.157 e. The summed E-state index contributed by atoms with van der Waals surface area (Å²) in [6.45, 7) is 8.02. The number of benzene rings is 1. The fraction of sp³-hybridized carbons (Fsp3) is 0.526. The Kier molecular flexibility index (Phi) is 7.54. The molecule has 1 saturated heterocycles. The van der Waals surface area contributed by atoms with Gasteiger partial charge in [-0.1, -0.05) is 28.0 Å². The second kappa shape index (κ2) is 10.1. The molecule has 3 rings (SSSR count). The van der Waals surface area contributed by atoms with Crippen molar-refractivity contribution in [1.29, 1.82) is 0 Å². The molecule has 0 amide bonds. The van der Waals surface area contributed by atoms with E-state index >= 15 is 0 Å². The van der Waals surface area contributed by atoms with Gasteiger partial charge in [0.15, 0.2) is 5.69 Å². The summed E-state index contributed by atoms with van der Waals surface area (Å²) in [7, 11) is 0. The van der Waals surface area contributed by atoms with Gasteiger partial charge in [0.05, 0.1) is 17.2 Å². The number of aromatic nitrogens is 2. The number of hydrogen-bond donors (Lipinski definition) is 2. The van der Waals surface area contributed by atoms with Gasteiger partial charge in [-0.25, -0.2) is 9.02 Å². The lowest BCUT2D eigenvalue weighted by molar-refractivity contribution is -0.0674. The van der Waals surface area contributed by atoms with Crippen molar-refractivity contribution in [2.24, 2.45) is 5.16 Å². The Balaban J connectivity index is 1.54. The Morgan fingerprint density at radius 2 is 2.10 bits per heavy atom. The fourth-order valence-corrected chi connectivity index (χ4v) is 3.67. The van der Waals surface area contributed by atoms with E-state index in [1.165, 1.54) is 12.1 Å². The van der Waals surface area contributed by atoms with E-state index in [1.54, 1.807) is 6.07 Å². The molecule has 1 fully saturated rings. The summed E-state index contributed by atoms with van der Waals surface area (Å²) in [6, 6.07) is 4.32. The summed E-state index contributed by atoms with van der Waals surface area (Å²) >= 11 is 5.82. The van der Waals surface area contributed by atoms with Crippen LogP contribution >= 0.6 is 11.6 Å². The van der Waals surface area contributed by atoms with Crippen LogP contribution in [0.3, 0.4) is 0 Å². The Morgan fingerprint density at radius 3 is 2.79 bits per heavy atom. The molecule has 1 aliphatic heterocycles. The van der Waals surface area contributed by atoms with Crippen molar-refractivity contribution in [3.63, 3.8) is 0 Å². The van der Waals surface area contributed by atoms with Gasteiger partial charge in [0.1, 0.15) is 17.2 Å². The molecule has 0 spiro atoms. The molecule has 0 unspecified atom stereocenters. The van der Waals surface area contributed by atoms with Crippen LogP contribution in [0.1, 0.15) is 30.8 Å². The summed E-state index contributed by atoms with van der Waals surface area (Å²) in [5, 5.41) is 23.8. The highest BCUT2D eigenvalue weighted by atomic mass is 35.5. The molecule has 1 aliphatic rings. The lowest BCUT2D eigenvalue weighted by Crippen LogP contribution is -2.47. The Labute approximate surface area is 173 Å². The Hall–Kier alpha value is -2.07. The lowest BCUT2D eigenvalue weighted by atomic mass is 10.1. The maximum absolute atomic E-state index is 13.3. The Morgan fingerprint density at radius 1 is 1.34 bits per heavy atom. The van der Waals surface area contributed by atoms with Gasteiger partial charge in [0.25, 0.3) is 0 Å². The molecule has 2 N–H and O–H groups in total. The predicted molar refractivity (Wildman–Crippen MR) is 106 cm³/mol. The van der Waals surface area contributed by atoms with Gasteiger partial charge in [-0.15, -0.1) is 0 Å². The largest absolute Gasteiger partial charge is 0.411 e. The number of morpholine rings is 1. The number of hydrogen-bond acceptors (Lipinski definition) is 8. The van der Waals surface area contributed by atoms with Crippen molar-refractivity contribution in [1.82, 2.24) is 20.5 Å². The number of nitrogens with one attached hydrogen (secondary N) is 1. The fourth-order valence-electron chi connectivity index (χ4n) is 3.46. The minimum absolute atomic E-state index is 0.00621. The summed E-state index contributed by atoms with van der Waals surface area (Å²) < 4.78 is 23.9. The lowest BCUT2D eigenvalue weighted by Gasteiger charge is -2.35. The molecule has 1 aromatic heterocycles. The van der Waals surface area contributed by atoms with Gasteiger partial charge in [-0.05, 0) is 36.7 Å². The highest BCUT2D eigenvalue weighted by Crippen LogP contribution is 2.18. The zero-order chi connectivity index (χ0) is 20.8. The second-order valence-corrected chi connectivity index (χ2v) is 7.63. The molecule has 0 saturated carbocycles. The van der Waals surface area contributed by atoms with Crippen LogP contribution in [-0.4, -0.2) is 64.5 Å². The minimum Gasteiger partial charge on any atom is -0.411 e. The highest BCUT2D eigenvalue weighted by molar-refractivity contribution is 6.30. The standard InChI is InChI=1S/C19H25ClFN5O3/c1-12-10-26(11-13(2)28-12)6-5-22-9-18-19(25-29-24-18)17(23-27)8-14-3-4-16(21)15(20)7-14/h3-4,7,12-13,22,27H,5-6,8-11H2,1-2H3/t12-,13+. The molecule has 158 valence electrons. The maximum Gasteiger partial charge on any atom is 0.157 e. The third-order valence-corrected chi connectivity index (χ3v) is 4.99. The Bertz CT molecular complexity index is 837. The summed E-state index contributed by atoms with van der Waals surface area (Å²) in [4.78, 5) is 2.35. The maximum atomic E-state index is 13.3. The van der Waals surface area contributed by atoms with E-state index in [0.717, 1.165) is 26.2 Å². The first-order valence-corrected chi connectivity index (χ1v) is 9.89. The number of oxime groups is 1. The SMILES string of the molecule is C[C@@H]1CN(CCNCc2nonc2C(Cc2ccc(F)c(Cl)c2)=NO)C[C@H](C)O1. The van der Waals surface area contributed by atoms with Crippen molar-refractivity contribution in [3.05, 3.63) is 46.0 Å². The van der Waals surface area contributed by atoms with E-state index in [4.69, 9.17) is 21.0 Å². The molecule has 29 heavy (non-hydrogen) atoms. The van der Waals surface area contributed by atoms with Crippen molar-refractivity contribution >= 4 is 17.3 Å². The van der Waals surface area contributed by atoms with Gasteiger partial charge < -0.3 is 15.3 Å². The van der Waals surface area contributed by atoms with Crippen LogP contribution in [0, 0.1) is 5.82 Å². The zero-order valence-corrected chi connectivity index (χ0v) is 17.2. The molecule has 2 aromatic rings. The molecule has 2 heterocycles. The number of nitrogens with zero attached hydrogens (tertiary/aromatic N) is 4. The van der Waals surface area contributed by atoms with Crippen LogP contribution < -0.4 is 5.32 Å². The van der Waals surface area contributed by atoms with E-state index in [9.17, 15) is 9.60 Å². The first-order valence-electron chi connectivity index (χ1n) is 9.51. The number of halogens is 2. The molecule has 0 radical (unpaired) electrons. The third-order valence-electron chi connectivity index (χ3n) is 4.70. The average Bonchev–Trinajstić information content (AvgIpc) is 3.13. The van der Waals surface area contributed by atoms with Crippen LogP contribution in [0.15, 0.2) is 28.0 Å². The molecule has 1 aromatic carbocycles. The van der Waals surface area contributed by atoms with Gasteiger partial charge in [-0.2, -0.15) is 0 Å². The van der Waals surface area contributed by atoms with E-state index < -0.39 is 5.82 Å². The van der Waals surface area contributed by atoms with Gasteiger partial charge in [0, 0.05) is 39.1 Å². The molecule has 10 heteroatoms. The van der Waals surface area contributed by atoms with Crippen LogP contribution in [0.4, 0.5) is 4.39 Å². The van der Waals surface area contributed by atoms with Crippen molar-refractivity contribution in [2.45, 2.75) is 39.0 Å². The van der Waals surface area contributed by atoms with E-state index in [0.29, 0.717) is 23.5 Å². The third kappa shape index (κ3) is 5.96. The summed E-state index contributed by atoms with van der Waals surface area (Å²) in [6.07, 6.45) is 0.670. The van der Waals surface area contributed by atoms with Gasteiger partial charge in [0.2, 0.25) is 0 Å². The van der Waals surface area contributed by atoms with Gasteiger partial charge in [-0.3, -0.25) is 4.90 Å². The zero-order valence-electron chi connectivity index (χ0n) is 16.4. The van der Waals surface area contributed by atoms with Crippen LogP contribution in [0.25, 0.3) is 0 Å². The summed E-state index contributed by atoms with van der Waals surface area (Å²) in [5.41, 5.74) is 1.84.